The summed E-state index contributed by atoms with van der Waals surface area (Å²) < 4.78 is 48.3. The van der Waals surface area contributed by atoms with Crippen LogP contribution < -0.4 is 30.4 Å². The molecule has 0 saturated heterocycles. The maximum Gasteiger partial charge on any atom is 0.264 e. The van der Waals surface area contributed by atoms with E-state index in [9.17, 15) is 2.74 Å². The van der Waals surface area contributed by atoms with Gasteiger partial charge in [-0.15, -0.1) is 11.3 Å². The van der Waals surface area contributed by atoms with Crippen molar-refractivity contribution in [2.24, 2.45) is 0 Å². The van der Waals surface area contributed by atoms with Gasteiger partial charge in [0.2, 0.25) is 0 Å². The maximum absolute atomic E-state index is 9.55. The van der Waals surface area contributed by atoms with Gasteiger partial charge in [-0.2, -0.15) is 0 Å². The first-order valence-corrected chi connectivity index (χ1v) is 27.9. The number of rotatable bonds is 7. The Bertz CT molecular complexity index is 4120. The Hall–Kier alpha value is -7.60. The van der Waals surface area contributed by atoms with Crippen LogP contribution in [-0.4, -0.2) is 6.71 Å². The normalized spacial score (nSPS) is 14.3. The van der Waals surface area contributed by atoms with Crippen LogP contribution in [0.15, 0.2) is 206 Å². The average molecular weight is 1030 g/mol. The molecule has 5 heteroatoms. The topological polar surface area (TPSA) is 9.72 Å². The summed E-state index contributed by atoms with van der Waals surface area (Å²) in [5.41, 5.74) is 18.4. The van der Waals surface area contributed by atoms with Crippen molar-refractivity contribution in [3.63, 3.8) is 0 Å². The van der Waals surface area contributed by atoms with Crippen LogP contribution in [0.3, 0.4) is 0 Å². The van der Waals surface area contributed by atoms with Gasteiger partial charge in [-0.3, -0.25) is 0 Å². The summed E-state index contributed by atoms with van der Waals surface area (Å²) >= 11 is 1.85. The van der Waals surface area contributed by atoms with Gasteiger partial charge in [0.15, 0.2) is 0 Å². The lowest BCUT2D eigenvalue weighted by atomic mass is 9.36. The molecule has 0 bridgehead atoms. The number of anilines is 9. The molecule has 0 saturated carbocycles. The maximum atomic E-state index is 9.55. The van der Waals surface area contributed by atoms with E-state index in [0.29, 0.717) is 5.56 Å². The first-order valence-electron chi connectivity index (χ1n) is 29.6. The van der Waals surface area contributed by atoms with Gasteiger partial charge in [0.1, 0.15) is 0 Å². The average Bonchev–Trinajstić information content (AvgIpc) is 2.22. The molecule has 0 fully saturated rings. The summed E-state index contributed by atoms with van der Waals surface area (Å²) in [4.78, 5) is 7.17. The number of fused-ring (bicyclic) bond motifs is 6. The van der Waals surface area contributed by atoms with Crippen molar-refractivity contribution in [3.05, 3.63) is 228 Å². The van der Waals surface area contributed by atoms with E-state index in [0.717, 1.165) is 78.6 Å². The van der Waals surface area contributed by atoms with Crippen molar-refractivity contribution in [2.75, 3.05) is 14.7 Å². The molecule has 2 aliphatic heterocycles. The minimum Gasteiger partial charge on any atom is -0.311 e. The van der Waals surface area contributed by atoms with Crippen molar-refractivity contribution in [1.29, 1.82) is 0 Å². The molecule has 0 aliphatic carbocycles. The van der Waals surface area contributed by atoms with Crippen LogP contribution >= 0.6 is 11.3 Å². The second-order valence-electron chi connectivity index (χ2n) is 25.2. The fourth-order valence-electron chi connectivity index (χ4n) is 11.4. The summed E-state index contributed by atoms with van der Waals surface area (Å²) in [5, 5.41) is 1.15. The molecule has 0 N–H and O–H groups in total. The first-order chi connectivity index (χ1) is 38.8. The van der Waals surface area contributed by atoms with E-state index in [2.05, 4.69) is 274 Å². The molecule has 0 radical (unpaired) electrons. The SMILES string of the molecule is [2H]c1c([2H])c([2H])c(-c2cc3c4c(c2)N(c2ccc(C(C)(C)C)cc2)c2c(sc5ccc(C(C)(C)C)cc25)B4c2ccc(N(c4ccc(C(C)(C)C)cc4)c4ccccc4-c4ccccc4)cc2N3c2ccc(C(C)(C)C)cc2)c([2H])c1[2H]. The zero-order chi connectivity index (χ0) is 58.1. The van der Waals surface area contributed by atoms with Gasteiger partial charge in [0.25, 0.3) is 6.71 Å². The van der Waals surface area contributed by atoms with Crippen LogP contribution in [0.5, 0.6) is 0 Å². The summed E-state index contributed by atoms with van der Waals surface area (Å²) in [6, 6.07) is 62.6. The number of hydrogen-bond acceptors (Lipinski definition) is 4. The van der Waals surface area contributed by atoms with Gasteiger partial charge in [-0.25, -0.2) is 0 Å². The third-order valence-electron chi connectivity index (χ3n) is 15.8. The van der Waals surface area contributed by atoms with E-state index in [1.54, 1.807) is 0 Å². The number of hydrogen-bond donors (Lipinski definition) is 0. The first kappa shape index (κ1) is 44.5. The highest BCUT2D eigenvalue weighted by Gasteiger charge is 2.46. The molecule has 9 aromatic carbocycles. The molecular formula is C72H70BN3S. The number of nitrogens with zero attached hydrogens (tertiary/aromatic N) is 3. The van der Waals surface area contributed by atoms with E-state index in [4.69, 9.17) is 4.11 Å². The molecule has 0 spiro atoms. The summed E-state index contributed by atoms with van der Waals surface area (Å²) in [6.45, 7) is 26.7. The fraction of sp³-hybridized carbons (Fsp3) is 0.222. The van der Waals surface area contributed by atoms with Crippen LogP contribution in [-0.2, 0) is 21.7 Å². The molecular weight excluding hydrogens is 950 g/mol. The van der Waals surface area contributed by atoms with E-state index in [1.165, 1.54) is 31.7 Å². The lowest BCUT2D eigenvalue weighted by Gasteiger charge is -2.44. The van der Waals surface area contributed by atoms with Gasteiger partial charge in [0.05, 0.1) is 18.2 Å². The van der Waals surface area contributed by atoms with Gasteiger partial charge in [-0.1, -0.05) is 210 Å². The molecule has 3 nitrogen and oxygen atoms in total. The Morgan fingerprint density at radius 1 is 0.442 bits per heavy atom. The van der Waals surface area contributed by atoms with Gasteiger partial charge >= 0.3 is 0 Å². The Kier molecular flexibility index (Phi) is 10.7. The van der Waals surface area contributed by atoms with E-state index in [1.807, 2.05) is 11.3 Å². The van der Waals surface area contributed by atoms with E-state index < -0.39 is 6.04 Å². The van der Waals surface area contributed by atoms with Crippen molar-refractivity contribution in [3.8, 4) is 22.3 Å². The summed E-state index contributed by atoms with van der Waals surface area (Å²) in [6.07, 6.45) is 0. The number of thiophene rings is 1. The van der Waals surface area contributed by atoms with Gasteiger partial charge < -0.3 is 14.7 Å². The lowest BCUT2D eigenvalue weighted by Crippen LogP contribution is -2.60. The summed E-state index contributed by atoms with van der Waals surface area (Å²) in [5.74, 6) is 0. The van der Waals surface area contributed by atoms with Crippen LogP contribution in [0.25, 0.3) is 32.3 Å². The molecule has 10 aromatic rings. The predicted octanol–water partition coefficient (Wildman–Crippen LogP) is 19.0. The standard InChI is InChI=1S/C72H70BN3S/c1-69(2,3)50-27-34-54(35-28-50)74(61-26-20-19-25-58(61)48-23-17-14-18-24-48)57-40-41-60-62(46-57)75(55-36-29-51(30-37-55)70(4,5)6)63-43-49(47-21-15-13-16-22-47)44-64-66(63)73(60)68-67(59-45-53(72(10,11)12)33-42-65(59)77-68)76(64)56-38-31-52(32-39-56)71(7,8)9/h13-46H,1-12H3/i13D,15D,16D,21D,22D. The zero-order valence-corrected chi connectivity index (χ0v) is 47.4. The van der Waals surface area contributed by atoms with Crippen LogP contribution in [0.2, 0.25) is 0 Å². The highest BCUT2D eigenvalue weighted by atomic mass is 32.1. The molecule has 2 aliphatic rings. The monoisotopic (exact) mass is 1020 g/mol. The second kappa shape index (κ2) is 18.6. The van der Waals surface area contributed by atoms with Crippen LogP contribution in [0, 0.1) is 0 Å². The molecule has 3 heterocycles. The minimum absolute atomic E-state index is 0.0500. The van der Waals surface area contributed by atoms with Crippen molar-refractivity contribution >= 4 is 95.0 Å². The number of para-hydroxylation sites is 1. The van der Waals surface area contributed by atoms with E-state index >= 15 is 0 Å². The van der Waals surface area contributed by atoms with Gasteiger partial charge in [0, 0.05) is 60.2 Å². The van der Waals surface area contributed by atoms with E-state index in [-0.39, 0.29) is 58.1 Å². The molecule has 0 atom stereocenters. The van der Waals surface area contributed by atoms with Gasteiger partial charge in [-0.05, 0) is 150 Å². The molecule has 12 rings (SSSR count). The Morgan fingerprint density at radius 3 is 1.56 bits per heavy atom. The predicted molar refractivity (Wildman–Crippen MR) is 336 cm³/mol. The highest BCUT2D eigenvalue weighted by molar-refractivity contribution is 7.33. The molecule has 0 amide bonds. The third kappa shape index (κ3) is 8.97. The molecule has 77 heavy (non-hydrogen) atoms. The Labute approximate surface area is 469 Å². The van der Waals surface area contributed by atoms with Crippen LogP contribution in [0.4, 0.5) is 51.2 Å². The number of benzene rings is 9. The Balaban J connectivity index is 1.22. The van der Waals surface area contributed by atoms with Crippen molar-refractivity contribution < 1.29 is 6.85 Å². The second-order valence-corrected chi connectivity index (χ2v) is 26.2. The minimum atomic E-state index is -0.420. The molecule has 382 valence electrons. The quantitative estimate of drug-likeness (QED) is 0.147. The highest BCUT2D eigenvalue weighted by Crippen LogP contribution is 2.51. The fourth-order valence-corrected chi connectivity index (χ4v) is 12.7. The zero-order valence-electron chi connectivity index (χ0n) is 51.6. The Morgan fingerprint density at radius 2 is 0.961 bits per heavy atom. The third-order valence-corrected chi connectivity index (χ3v) is 17.0. The smallest absolute Gasteiger partial charge is 0.264 e. The molecule has 1 aromatic heterocycles. The largest absolute Gasteiger partial charge is 0.311 e. The van der Waals surface area contributed by atoms with Crippen LogP contribution in [0.1, 0.15) is 112 Å². The van der Waals surface area contributed by atoms with Crippen molar-refractivity contribution in [2.45, 2.75) is 105 Å². The van der Waals surface area contributed by atoms with Crippen molar-refractivity contribution in [1.82, 2.24) is 0 Å². The lowest BCUT2D eigenvalue weighted by molar-refractivity contribution is 0.590. The summed E-state index contributed by atoms with van der Waals surface area (Å²) in [7, 11) is 0. The molecule has 0 unspecified atom stereocenters.